The molecule has 0 aliphatic carbocycles. The first-order valence-corrected chi connectivity index (χ1v) is 4.68. The van der Waals surface area contributed by atoms with E-state index in [1.807, 2.05) is 17.0 Å². The summed E-state index contributed by atoms with van der Waals surface area (Å²) in [7, 11) is 0. The summed E-state index contributed by atoms with van der Waals surface area (Å²) in [6.07, 6.45) is 0. The van der Waals surface area contributed by atoms with E-state index in [1.54, 1.807) is 0 Å². The van der Waals surface area contributed by atoms with Crippen LogP contribution in [0.2, 0.25) is 0 Å². The third-order valence-electron chi connectivity index (χ3n) is 2.41. The Balaban J connectivity index is 0.00000128. The first-order valence-electron chi connectivity index (χ1n) is 4.68. The van der Waals surface area contributed by atoms with Crippen molar-refractivity contribution < 1.29 is 0 Å². The first-order chi connectivity index (χ1) is 7.16. The third-order valence-corrected chi connectivity index (χ3v) is 2.41. The first kappa shape index (κ1) is 12.3. The van der Waals surface area contributed by atoms with Gasteiger partial charge in [-0.15, -0.1) is 12.4 Å². The molecular weight excluding hydrogens is 226 g/mol. The Bertz CT molecular complexity index is 392. The number of rotatable bonds is 0. The highest BCUT2D eigenvalue weighted by molar-refractivity contribution is 5.95. The van der Waals surface area contributed by atoms with Gasteiger partial charge in [0.05, 0.1) is 0 Å². The fraction of sp³-hybridized carbons (Fsp3) is 0.200. The smallest absolute Gasteiger partial charge is 0.198 e. The lowest BCUT2D eigenvalue weighted by Gasteiger charge is -2.18. The summed E-state index contributed by atoms with van der Waals surface area (Å²) in [6.45, 7) is 1.41. The minimum Gasteiger partial charge on any atom is -0.370 e. The molecule has 5 N–H and O–H groups in total. The molecule has 0 saturated carbocycles. The topological polar surface area (TPSA) is 89.0 Å². The van der Waals surface area contributed by atoms with E-state index < -0.39 is 0 Å². The number of halogens is 1. The van der Waals surface area contributed by atoms with E-state index in [9.17, 15) is 0 Å². The Morgan fingerprint density at radius 2 is 1.69 bits per heavy atom. The molecule has 1 heterocycles. The van der Waals surface area contributed by atoms with Crippen LogP contribution in [-0.2, 0) is 13.1 Å². The maximum absolute atomic E-state index is 7.69. The van der Waals surface area contributed by atoms with Crippen molar-refractivity contribution in [3.63, 3.8) is 0 Å². The van der Waals surface area contributed by atoms with Gasteiger partial charge in [-0.25, -0.2) is 0 Å². The predicted octanol–water partition coefficient (Wildman–Crippen LogP) is 0.842. The standard InChI is InChI=1S/C10H13N5.ClH/c11-9(12)14-10(13)15-5-7-3-1-2-4-8(7)6-15;/h1-4H,5-6H2,(H5,11,12,13,14);1H. The molecule has 1 aromatic rings. The van der Waals surface area contributed by atoms with E-state index in [2.05, 4.69) is 17.4 Å². The molecule has 0 amide bonds. The zero-order valence-electron chi connectivity index (χ0n) is 8.66. The van der Waals surface area contributed by atoms with Crippen LogP contribution in [0.3, 0.4) is 0 Å². The monoisotopic (exact) mass is 239 g/mol. The van der Waals surface area contributed by atoms with Gasteiger partial charge in [-0.05, 0) is 11.1 Å². The van der Waals surface area contributed by atoms with Crippen LogP contribution in [0.5, 0.6) is 0 Å². The summed E-state index contributed by atoms with van der Waals surface area (Å²) >= 11 is 0. The average molecular weight is 240 g/mol. The Morgan fingerprint density at radius 1 is 1.19 bits per heavy atom. The molecule has 0 bridgehead atoms. The normalized spacial score (nSPS) is 12.6. The highest BCUT2D eigenvalue weighted by Gasteiger charge is 2.20. The fourth-order valence-corrected chi connectivity index (χ4v) is 1.70. The number of benzene rings is 1. The Morgan fingerprint density at radius 3 is 2.12 bits per heavy atom. The minimum atomic E-state index is -0.198. The third kappa shape index (κ3) is 2.43. The zero-order chi connectivity index (χ0) is 10.8. The number of guanidine groups is 2. The molecule has 1 aromatic carbocycles. The summed E-state index contributed by atoms with van der Waals surface area (Å²) in [5.74, 6) is -0.0188. The van der Waals surface area contributed by atoms with Crippen molar-refractivity contribution in [1.29, 1.82) is 10.8 Å². The molecule has 0 fully saturated rings. The molecule has 0 aromatic heterocycles. The van der Waals surface area contributed by atoms with Crippen LogP contribution in [0, 0.1) is 10.8 Å². The van der Waals surface area contributed by atoms with Crippen molar-refractivity contribution in [3.05, 3.63) is 35.4 Å². The second kappa shape index (κ2) is 4.85. The van der Waals surface area contributed by atoms with E-state index in [1.165, 1.54) is 11.1 Å². The molecule has 6 heteroatoms. The van der Waals surface area contributed by atoms with Crippen LogP contribution in [0.25, 0.3) is 0 Å². The lowest BCUT2D eigenvalue weighted by atomic mass is 10.1. The summed E-state index contributed by atoms with van der Waals surface area (Å²) in [5.41, 5.74) is 7.63. The number of nitrogens with zero attached hydrogens (tertiary/aromatic N) is 1. The molecule has 0 radical (unpaired) electrons. The van der Waals surface area contributed by atoms with Gasteiger partial charge in [0.15, 0.2) is 11.9 Å². The van der Waals surface area contributed by atoms with Gasteiger partial charge in [0.1, 0.15) is 0 Å². The molecule has 0 saturated heterocycles. The van der Waals surface area contributed by atoms with Gasteiger partial charge in [0.2, 0.25) is 0 Å². The van der Waals surface area contributed by atoms with Crippen molar-refractivity contribution in [2.24, 2.45) is 5.73 Å². The summed E-state index contributed by atoms with van der Waals surface area (Å²) < 4.78 is 0. The summed E-state index contributed by atoms with van der Waals surface area (Å²) in [4.78, 5) is 1.84. The molecule has 0 unspecified atom stereocenters. The van der Waals surface area contributed by atoms with Crippen molar-refractivity contribution in [1.82, 2.24) is 10.2 Å². The van der Waals surface area contributed by atoms with Gasteiger partial charge in [0, 0.05) is 13.1 Å². The zero-order valence-corrected chi connectivity index (χ0v) is 9.47. The average Bonchev–Trinajstić information content (AvgIpc) is 2.59. The van der Waals surface area contributed by atoms with Crippen molar-refractivity contribution in [3.8, 4) is 0 Å². The van der Waals surface area contributed by atoms with Crippen molar-refractivity contribution in [2.75, 3.05) is 0 Å². The number of fused-ring (bicyclic) bond motifs is 1. The number of hydrogen-bond acceptors (Lipinski definition) is 2. The Kier molecular flexibility index (Phi) is 3.73. The van der Waals surface area contributed by atoms with Crippen LogP contribution < -0.4 is 11.1 Å². The number of nitrogens with one attached hydrogen (secondary N) is 3. The maximum Gasteiger partial charge on any atom is 0.198 e. The molecule has 0 atom stereocenters. The molecule has 1 aliphatic heterocycles. The molecule has 5 nitrogen and oxygen atoms in total. The van der Waals surface area contributed by atoms with E-state index >= 15 is 0 Å². The maximum atomic E-state index is 7.69. The fourth-order valence-electron chi connectivity index (χ4n) is 1.70. The van der Waals surface area contributed by atoms with Gasteiger partial charge < -0.3 is 10.6 Å². The van der Waals surface area contributed by atoms with Crippen LogP contribution >= 0.6 is 12.4 Å². The van der Waals surface area contributed by atoms with Crippen LogP contribution in [0.1, 0.15) is 11.1 Å². The largest absolute Gasteiger partial charge is 0.370 e. The molecule has 86 valence electrons. The van der Waals surface area contributed by atoms with E-state index in [0.717, 1.165) is 0 Å². The molecule has 16 heavy (non-hydrogen) atoms. The SMILES string of the molecule is Cl.N=C(N)NC(=N)N1Cc2ccccc2C1. The molecular formula is C10H14ClN5. The predicted molar refractivity (Wildman–Crippen MR) is 65.7 cm³/mol. The van der Waals surface area contributed by atoms with Gasteiger partial charge in [-0.1, -0.05) is 24.3 Å². The van der Waals surface area contributed by atoms with E-state index in [-0.39, 0.29) is 24.3 Å². The number of hydrogen-bond donors (Lipinski definition) is 4. The van der Waals surface area contributed by atoms with Gasteiger partial charge in [0.25, 0.3) is 0 Å². The van der Waals surface area contributed by atoms with Crippen LogP contribution in [-0.4, -0.2) is 16.8 Å². The van der Waals surface area contributed by atoms with E-state index in [4.69, 9.17) is 16.6 Å². The van der Waals surface area contributed by atoms with Crippen molar-refractivity contribution >= 4 is 24.3 Å². The Hall–Kier alpha value is -1.75. The number of nitrogens with two attached hydrogens (primary N) is 1. The van der Waals surface area contributed by atoms with Gasteiger partial charge in [-0.3, -0.25) is 16.1 Å². The summed E-state index contributed by atoms with van der Waals surface area (Å²) in [6, 6.07) is 8.08. The van der Waals surface area contributed by atoms with Crippen molar-refractivity contribution in [2.45, 2.75) is 13.1 Å². The summed E-state index contributed by atoms with van der Waals surface area (Å²) in [5, 5.41) is 17.2. The minimum absolute atomic E-state index is 0. The quantitative estimate of drug-likeness (QED) is 0.400. The second-order valence-corrected chi connectivity index (χ2v) is 3.51. The van der Waals surface area contributed by atoms with Gasteiger partial charge >= 0.3 is 0 Å². The van der Waals surface area contributed by atoms with E-state index in [0.29, 0.717) is 13.1 Å². The van der Waals surface area contributed by atoms with Gasteiger partial charge in [-0.2, -0.15) is 0 Å². The highest BCUT2D eigenvalue weighted by atomic mass is 35.5. The molecule has 2 rings (SSSR count). The van der Waals surface area contributed by atoms with Crippen LogP contribution in [0.15, 0.2) is 24.3 Å². The molecule has 1 aliphatic rings. The Labute approximate surface area is 100 Å². The highest BCUT2D eigenvalue weighted by Crippen LogP contribution is 2.21. The lowest BCUT2D eigenvalue weighted by Crippen LogP contribution is -2.43. The second-order valence-electron chi connectivity index (χ2n) is 3.51. The molecule has 0 spiro atoms. The van der Waals surface area contributed by atoms with Crippen LogP contribution in [0.4, 0.5) is 0 Å². The lowest BCUT2D eigenvalue weighted by molar-refractivity contribution is 0.433.